The molecule has 5 heteroatoms. The normalized spacial score (nSPS) is 19.4. The second-order valence-electron chi connectivity index (χ2n) is 6.69. The number of hydrogen-bond donors (Lipinski definition) is 1. The number of carbonyl (C=O) groups excluding carboxylic acids is 1. The van der Waals surface area contributed by atoms with Gasteiger partial charge in [0.25, 0.3) is 0 Å². The second kappa shape index (κ2) is 6.48. The zero-order valence-electron chi connectivity index (χ0n) is 14.1. The van der Waals surface area contributed by atoms with E-state index >= 15 is 0 Å². The summed E-state index contributed by atoms with van der Waals surface area (Å²) in [7, 11) is 0. The minimum absolute atomic E-state index is 0.0229. The molecule has 0 fully saturated rings. The number of oxazole rings is 1. The highest BCUT2D eigenvalue weighted by Crippen LogP contribution is 2.35. The average molecular weight is 352 g/mol. The molecule has 1 aliphatic carbocycles. The van der Waals surface area contributed by atoms with Crippen LogP contribution in [0.4, 0.5) is 0 Å². The van der Waals surface area contributed by atoms with Gasteiger partial charge in [0, 0.05) is 0 Å². The zero-order valence-corrected chi connectivity index (χ0v) is 14.9. The van der Waals surface area contributed by atoms with Gasteiger partial charge in [-0.05, 0) is 48.8 Å². The van der Waals surface area contributed by atoms with Crippen LogP contribution in [-0.2, 0) is 23.2 Å². The lowest BCUT2D eigenvalue weighted by Crippen LogP contribution is -2.46. The molecule has 0 spiro atoms. The highest BCUT2D eigenvalue weighted by Gasteiger charge is 2.33. The Balaban J connectivity index is 1.48. The van der Waals surface area contributed by atoms with E-state index in [9.17, 15) is 4.79 Å². The van der Waals surface area contributed by atoms with Gasteiger partial charge in [0.1, 0.15) is 6.26 Å². The van der Waals surface area contributed by atoms with Gasteiger partial charge in [-0.3, -0.25) is 4.79 Å². The molecule has 2 aromatic heterocycles. The van der Waals surface area contributed by atoms with Gasteiger partial charge >= 0.3 is 0 Å². The highest BCUT2D eigenvalue weighted by molar-refractivity contribution is 7.13. The van der Waals surface area contributed by atoms with Crippen LogP contribution in [0.5, 0.6) is 0 Å². The quantitative estimate of drug-likeness (QED) is 0.761. The van der Waals surface area contributed by atoms with Gasteiger partial charge in [-0.1, -0.05) is 30.3 Å². The van der Waals surface area contributed by atoms with Crippen molar-refractivity contribution >= 4 is 17.2 Å². The number of nitrogens with one attached hydrogen (secondary N) is 1. The molecular formula is C20H20N2O2S. The summed E-state index contributed by atoms with van der Waals surface area (Å²) < 4.78 is 5.50. The minimum Gasteiger partial charge on any atom is -0.444 e. The summed E-state index contributed by atoms with van der Waals surface area (Å²) in [6.45, 7) is 2.11. The lowest BCUT2D eigenvalue weighted by Gasteiger charge is -2.36. The molecule has 1 amide bonds. The Morgan fingerprint density at radius 1 is 1.32 bits per heavy atom. The first-order valence-electron chi connectivity index (χ1n) is 8.52. The van der Waals surface area contributed by atoms with E-state index in [4.69, 9.17) is 4.42 Å². The van der Waals surface area contributed by atoms with E-state index in [0.717, 1.165) is 24.1 Å². The van der Waals surface area contributed by atoms with Crippen molar-refractivity contribution in [2.75, 3.05) is 0 Å². The molecule has 4 rings (SSSR count). The van der Waals surface area contributed by atoms with Crippen molar-refractivity contribution in [3.8, 4) is 10.8 Å². The van der Waals surface area contributed by atoms with Crippen molar-refractivity contribution in [3.63, 3.8) is 0 Å². The number of aryl methyl sites for hydroxylation is 1. The van der Waals surface area contributed by atoms with Crippen molar-refractivity contribution in [2.24, 2.45) is 0 Å². The van der Waals surface area contributed by atoms with E-state index in [2.05, 4.69) is 35.4 Å². The predicted molar refractivity (Wildman–Crippen MR) is 98.4 cm³/mol. The summed E-state index contributed by atoms with van der Waals surface area (Å²) in [6.07, 6.45) is 4.92. The second-order valence-corrected chi connectivity index (χ2v) is 7.64. The van der Waals surface area contributed by atoms with Crippen molar-refractivity contribution in [1.82, 2.24) is 10.3 Å². The predicted octanol–water partition coefficient (Wildman–Crippen LogP) is 4.31. The number of thiophene rings is 1. The molecule has 0 saturated carbocycles. The molecule has 25 heavy (non-hydrogen) atoms. The zero-order chi connectivity index (χ0) is 17.3. The number of amides is 1. The first-order chi connectivity index (χ1) is 12.1. The Kier molecular flexibility index (Phi) is 4.17. The van der Waals surface area contributed by atoms with Crippen LogP contribution in [0.3, 0.4) is 0 Å². The van der Waals surface area contributed by atoms with Crippen LogP contribution in [0.15, 0.2) is 52.5 Å². The lowest BCUT2D eigenvalue weighted by molar-refractivity contribution is -0.122. The summed E-state index contributed by atoms with van der Waals surface area (Å²) in [6, 6.07) is 12.3. The third-order valence-electron chi connectivity index (χ3n) is 4.78. The Morgan fingerprint density at radius 3 is 3.04 bits per heavy atom. The van der Waals surface area contributed by atoms with Crippen LogP contribution < -0.4 is 5.32 Å². The molecule has 128 valence electrons. The SMILES string of the molecule is C[C@]1(NC(=O)Cc2coc(-c3cccs3)n2)CCCc2ccccc21. The minimum atomic E-state index is -0.313. The molecule has 3 aromatic rings. The molecule has 1 atom stereocenters. The van der Waals surface area contributed by atoms with Crippen LogP contribution in [-0.4, -0.2) is 10.9 Å². The average Bonchev–Trinajstić information content (AvgIpc) is 3.26. The molecule has 0 aliphatic heterocycles. The highest BCUT2D eigenvalue weighted by atomic mass is 32.1. The summed E-state index contributed by atoms with van der Waals surface area (Å²) in [4.78, 5) is 18.0. The third kappa shape index (κ3) is 3.24. The van der Waals surface area contributed by atoms with E-state index in [0.29, 0.717) is 11.6 Å². The maximum absolute atomic E-state index is 12.6. The lowest BCUT2D eigenvalue weighted by atomic mass is 9.77. The summed E-state index contributed by atoms with van der Waals surface area (Å²) in [5.41, 5.74) is 2.91. The fourth-order valence-electron chi connectivity index (χ4n) is 3.59. The summed E-state index contributed by atoms with van der Waals surface area (Å²) in [5, 5.41) is 5.21. The van der Waals surface area contributed by atoms with Crippen LogP contribution >= 0.6 is 11.3 Å². The monoisotopic (exact) mass is 352 g/mol. The molecular weight excluding hydrogens is 332 g/mol. The first-order valence-corrected chi connectivity index (χ1v) is 9.40. The maximum atomic E-state index is 12.6. The number of aromatic nitrogens is 1. The molecule has 1 N–H and O–H groups in total. The molecule has 1 aliphatic rings. The van der Waals surface area contributed by atoms with E-state index in [1.165, 1.54) is 11.1 Å². The molecule has 0 saturated heterocycles. The van der Waals surface area contributed by atoms with Crippen LogP contribution in [0, 0.1) is 0 Å². The van der Waals surface area contributed by atoms with Gasteiger partial charge in [-0.25, -0.2) is 4.98 Å². The van der Waals surface area contributed by atoms with Crippen molar-refractivity contribution in [2.45, 2.75) is 38.1 Å². The fourth-order valence-corrected chi connectivity index (χ4v) is 4.25. The summed E-state index contributed by atoms with van der Waals surface area (Å²) >= 11 is 1.57. The van der Waals surface area contributed by atoms with Crippen LogP contribution in [0.25, 0.3) is 10.8 Å². The van der Waals surface area contributed by atoms with Gasteiger partial charge in [0.15, 0.2) is 0 Å². The number of rotatable bonds is 4. The maximum Gasteiger partial charge on any atom is 0.236 e. The van der Waals surface area contributed by atoms with Crippen molar-refractivity contribution < 1.29 is 9.21 Å². The largest absolute Gasteiger partial charge is 0.444 e. The Bertz CT molecular complexity index is 885. The van der Waals surface area contributed by atoms with Gasteiger partial charge in [-0.2, -0.15) is 0 Å². The van der Waals surface area contributed by atoms with Gasteiger partial charge in [0.05, 0.1) is 22.5 Å². The summed E-state index contributed by atoms with van der Waals surface area (Å²) in [5.74, 6) is 0.553. The number of benzene rings is 1. The van der Waals surface area contributed by atoms with Gasteiger partial charge in [-0.15, -0.1) is 11.3 Å². The molecule has 0 bridgehead atoms. The first kappa shape index (κ1) is 16.1. The number of nitrogens with zero attached hydrogens (tertiary/aromatic N) is 1. The number of hydrogen-bond acceptors (Lipinski definition) is 4. The number of fused-ring (bicyclic) bond motifs is 1. The molecule has 4 nitrogen and oxygen atoms in total. The Hall–Kier alpha value is -2.40. The Morgan fingerprint density at radius 2 is 2.20 bits per heavy atom. The van der Waals surface area contributed by atoms with Gasteiger partial charge in [0.2, 0.25) is 11.8 Å². The third-order valence-corrected chi connectivity index (χ3v) is 5.63. The number of carbonyl (C=O) groups is 1. The molecule has 2 heterocycles. The standard InChI is InChI=1S/C20H20N2O2S/c1-20(10-4-7-14-6-2-3-8-16(14)20)22-18(23)12-15-13-24-19(21-15)17-9-5-11-25-17/h2-3,5-6,8-9,11,13H,4,7,10,12H2,1H3,(H,22,23)/t20-/m0/s1. The molecule has 0 unspecified atom stereocenters. The van der Waals surface area contributed by atoms with Crippen molar-refractivity contribution in [3.05, 3.63) is 64.9 Å². The molecule has 1 aromatic carbocycles. The van der Waals surface area contributed by atoms with Crippen molar-refractivity contribution in [1.29, 1.82) is 0 Å². The smallest absolute Gasteiger partial charge is 0.236 e. The van der Waals surface area contributed by atoms with E-state index < -0.39 is 0 Å². The molecule has 0 radical (unpaired) electrons. The van der Waals surface area contributed by atoms with Crippen LogP contribution in [0.2, 0.25) is 0 Å². The van der Waals surface area contributed by atoms with E-state index in [1.807, 2.05) is 23.6 Å². The topological polar surface area (TPSA) is 55.1 Å². The fraction of sp³-hybridized carbons (Fsp3) is 0.300. The van der Waals surface area contributed by atoms with E-state index in [-0.39, 0.29) is 17.9 Å². The van der Waals surface area contributed by atoms with E-state index in [1.54, 1.807) is 17.6 Å². The van der Waals surface area contributed by atoms with Crippen LogP contribution in [0.1, 0.15) is 36.6 Å². The Labute approximate surface area is 150 Å². The van der Waals surface area contributed by atoms with Gasteiger partial charge < -0.3 is 9.73 Å².